The molecule has 94 valence electrons. The monoisotopic (exact) mass is 236 g/mol. The standard InChI is InChI=1S/C13H20N2O2/c1-9(2)17-12-7-5-11(6-8-12)10(3)13(16)15(4)14/h5-10H,14H2,1-4H3. The van der Waals surface area contributed by atoms with Crippen LogP contribution >= 0.6 is 0 Å². The van der Waals surface area contributed by atoms with Crippen LogP contribution in [0, 0.1) is 0 Å². The minimum Gasteiger partial charge on any atom is -0.491 e. The summed E-state index contributed by atoms with van der Waals surface area (Å²) in [6.07, 6.45) is 0.148. The summed E-state index contributed by atoms with van der Waals surface area (Å²) in [6, 6.07) is 7.53. The van der Waals surface area contributed by atoms with Crippen LogP contribution in [0.2, 0.25) is 0 Å². The lowest BCUT2D eigenvalue weighted by Gasteiger charge is -2.17. The van der Waals surface area contributed by atoms with Crippen molar-refractivity contribution in [2.75, 3.05) is 7.05 Å². The minimum absolute atomic E-state index is 0.109. The van der Waals surface area contributed by atoms with Crippen molar-refractivity contribution in [1.29, 1.82) is 0 Å². The van der Waals surface area contributed by atoms with E-state index in [4.69, 9.17) is 10.6 Å². The van der Waals surface area contributed by atoms with E-state index in [1.165, 1.54) is 0 Å². The fourth-order valence-electron chi connectivity index (χ4n) is 1.56. The Bertz CT molecular complexity index is 372. The van der Waals surface area contributed by atoms with Gasteiger partial charge in [-0.25, -0.2) is 5.84 Å². The molecule has 1 rings (SSSR count). The summed E-state index contributed by atoms with van der Waals surface area (Å²) in [6.45, 7) is 5.79. The second kappa shape index (κ2) is 5.68. The average molecular weight is 236 g/mol. The van der Waals surface area contributed by atoms with Crippen LogP contribution in [0.25, 0.3) is 0 Å². The molecule has 17 heavy (non-hydrogen) atoms. The maximum absolute atomic E-state index is 11.7. The summed E-state index contributed by atoms with van der Waals surface area (Å²) in [5.74, 6) is 5.89. The van der Waals surface area contributed by atoms with E-state index in [2.05, 4.69) is 0 Å². The molecule has 0 heterocycles. The van der Waals surface area contributed by atoms with Gasteiger partial charge < -0.3 is 4.74 Å². The number of hydrogen-bond donors (Lipinski definition) is 1. The second-order valence-electron chi connectivity index (χ2n) is 4.41. The van der Waals surface area contributed by atoms with Gasteiger partial charge in [0.2, 0.25) is 5.91 Å². The van der Waals surface area contributed by atoms with E-state index in [1.807, 2.05) is 45.0 Å². The summed E-state index contributed by atoms with van der Waals surface area (Å²) in [5, 5.41) is 1.11. The Morgan fingerprint density at radius 2 is 1.76 bits per heavy atom. The number of nitrogens with two attached hydrogens (primary N) is 1. The van der Waals surface area contributed by atoms with Gasteiger partial charge >= 0.3 is 0 Å². The van der Waals surface area contributed by atoms with Gasteiger partial charge in [-0.1, -0.05) is 12.1 Å². The molecule has 0 bridgehead atoms. The Hall–Kier alpha value is -1.55. The number of carbonyl (C=O) groups excluding carboxylic acids is 1. The molecule has 1 aromatic carbocycles. The van der Waals surface area contributed by atoms with Gasteiger partial charge in [0, 0.05) is 7.05 Å². The minimum atomic E-state index is -0.238. The van der Waals surface area contributed by atoms with Crippen LogP contribution in [-0.4, -0.2) is 24.1 Å². The normalized spacial score (nSPS) is 12.4. The smallest absolute Gasteiger partial charge is 0.243 e. The third-order valence-corrected chi connectivity index (χ3v) is 2.47. The highest BCUT2D eigenvalue weighted by Gasteiger charge is 2.17. The van der Waals surface area contributed by atoms with Crippen molar-refractivity contribution >= 4 is 5.91 Å². The van der Waals surface area contributed by atoms with Crippen LogP contribution in [0.5, 0.6) is 5.75 Å². The highest BCUT2D eigenvalue weighted by Crippen LogP contribution is 2.20. The molecular formula is C13H20N2O2. The number of rotatable bonds is 4. The molecule has 1 aromatic rings. The third kappa shape index (κ3) is 3.75. The van der Waals surface area contributed by atoms with Crippen molar-refractivity contribution in [3.63, 3.8) is 0 Å². The first kappa shape index (κ1) is 13.5. The topological polar surface area (TPSA) is 55.6 Å². The zero-order valence-corrected chi connectivity index (χ0v) is 10.8. The van der Waals surface area contributed by atoms with Gasteiger partial charge in [0.05, 0.1) is 12.0 Å². The summed E-state index contributed by atoms with van der Waals surface area (Å²) >= 11 is 0. The maximum atomic E-state index is 11.7. The molecule has 0 saturated carbocycles. The van der Waals surface area contributed by atoms with E-state index in [0.29, 0.717) is 0 Å². The molecule has 0 aliphatic rings. The molecule has 1 atom stereocenters. The molecule has 0 fully saturated rings. The number of hydrazine groups is 1. The highest BCUT2D eigenvalue weighted by atomic mass is 16.5. The summed E-state index contributed by atoms with van der Waals surface area (Å²) < 4.78 is 5.54. The lowest BCUT2D eigenvalue weighted by atomic mass is 10.0. The number of likely N-dealkylation sites (N-methyl/N-ethyl adjacent to an activating group) is 1. The summed E-state index contributed by atoms with van der Waals surface area (Å²) in [7, 11) is 1.55. The van der Waals surface area contributed by atoms with Gasteiger partial charge in [-0.15, -0.1) is 0 Å². The van der Waals surface area contributed by atoms with Gasteiger partial charge in [0.25, 0.3) is 0 Å². The Labute approximate surface area is 102 Å². The van der Waals surface area contributed by atoms with Crippen molar-refractivity contribution in [3.05, 3.63) is 29.8 Å². The lowest BCUT2D eigenvalue weighted by molar-refractivity contribution is -0.131. The van der Waals surface area contributed by atoms with E-state index in [1.54, 1.807) is 7.05 Å². The van der Waals surface area contributed by atoms with E-state index < -0.39 is 0 Å². The average Bonchev–Trinajstić information content (AvgIpc) is 2.27. The van der Waals surface area contributed by atoms with Gasteiger partial charge in [-0.3, -0.25) is 9.80 Å². The van der Waals surface area contributed by atoms with Crippen LogP contribution in [0.1, 0.15) is 32.3 Å². The predicted octanol–water partition coefficient (Wildman–Crippen LogP) is 1.91. The van der Waals surface area contributed by atoms with Crippen molar-refractivity contribution in [3.8, 4) is 5.75 Å². The SMILES string of the molecule is CC(C)Oc1ccc(C(C)C(=O)N(C)N)cc1. The molecule has 0 aliphatic carbocycles. The molecule has 1 unspecified atom stereocenters. The Morgan fingerprint density at radius 3 is 2.18 bits per heavy atom. The lowest BCUT2D eigenvalue weighted by Crippen LogP contribution is -2.36. The van der Waals surface area contributed by atoms with Crippen LogP contribution < -0.4 is 10.6 Å². The molecule has 2 N–H and O–H groups in total. The van der Waals surface area contributed by atoms with Crippen molar-refractivity contribution in [1.82, 2.24) is 5.01 Å². The molecule has 0 aromatic heterocycles. The molecule has 0 spiro atoms. The number of nitrogens with zero attached hydrogens (tertiary/aromatic N) is 1. The van der Waals surface area contributed by atoms with Crippen molar-refractivity contribution < 1.29 is 9.53 Å². The first-order valence-electron chi connectivity index (χ1n) is 5.70. The van der Waals surface area contributed by atoms with Crippen LogP contribution in [0.4, 0.5) is 0 Å². The Kier molecular flexibility index (Phi) is 4.52. The fourth-order valence-corrected chi connectivity index (χ4v) is 1.56. The highest BCUT2D eigenvalue weighted by molar-refractivity contribution is 5.82. The molecule has 0 radical (unpaired) electrons. The number of hydrogen-bond acceptors (Lipinski definition) is 3. The molecule has 4 nitrogen and oxygen atoms in total. The van der Waals surface area contributed by atoms with Gasteiger partial charge in [-0.2, -0.15) is 0 Å². The first-order chi connectivity index (χ1) is 7.91. The first-order valence-corrected chi connectivity index (χ1v) is 5.70. The number of carbonyl (C=O) groups is 1. The summed E-state index contributed by atoms with van der Waals surface area (Å²) in [4.78, 5) is 11.7. The zero-order valence-electron chi connectivity index (χ0n) is 10.8. The van der Waals surface area contributed by atoms with Crippen LogP contribution in [-0.2, 0) is 4.79 Å². The zero-order chi connectivity index (χ0) is 13.0. The van der Waals surface area contributed by atoms with E-state index in [0.717, 1.165) is 16.3 Å². The van der Waals surface area contributed by atoms with E-state index in [9.17, 15) is 4.79 Å². The molecule has 0 saturated heterocycles. The van der Waals surface area contributed by atoms with Gasteiger partial charge in [0.15, 0.2) is 0 Å². The van der Waals surface area contributed by atoms with E-state index in [-0.39, 0.29) is 17.9 Å². The number of amides is 1. The quantitative estimate of drug-likeness (QED) is 0.493. The predicted molar refractivity (Wildman–Crippen MR) is 67.6 cm³/mol. The van der Waals surface area contributed by atoms with Crippen LogP contribution in [0.15, 0.2) is 24.3 Å². The Balaban J connectivity index is 2.77. The molecule has 4 heteroatoms. The third-order valence-electron chi connectivity index (χ3n) is 2.47. The largest absolute Gasteiger partial charge is 0.491 e. The second-order valence-corrected chi connectivity index (χ2v) is 4.41. The van der Waals surface area contributed by atoms with Crippen molar-refractivity contribution in [2.24, 2.45) is 5.84 Å². The molecule has 0 aliphatic heterocycles. The van der Waals surface area contributed by atoms with E-state index >= 15 is 0 Å². The Morgan fingerprint density at radius 1 is 1.24 bits per heavy atom. The van der Waals surface area contributed by atoms with Crippen LogP contribution in [0.3, 0.4) is 0 Å². The molecule has 1 amide bonds. The van der Waals surface area contributed by atoms with Gasteiger partial charge in [0.1, 0.15) is 5.75 Å². The number of benzene rings is 1. The maximum Gasteiger partial charge on any atom is 0.243 e. The summed E-state index contributed by atoms with van der Waals surface area (Å²) in [5.41, 5.74) is 0.934. The molecular weight excluding hydrogens is 216 g/mol. The number of ether oxygens (including phenoxy) is 1. The van der Waals surface area contributed by atoms with Crippen molar-refractivity contribution in [2.45, 2.75) is 32.8 Å². The van der Waals surface area contributed by atoms with Gasteiger partial charge in [-0.05, 0) is 38.5 Å². The fraction of sp³-hybridized carbons (Fsp3) is 0.462.